The van der Waals surface area contributed by atoms with Crippen molar-refractivity contribution in [3.8, 4) is 17.2 Å². The molecule has 0 saturated heterocycles. The molecule has 0 aromatic heterocycles. The molecule has 4 N–H and O–H groups in total. The zero-order valence-corrected chi connectivity index (χ0v) is 12.9. The van der Waals surface area contributed by atoms with Crippen molar-refractivity contribution in [2.24, 2.45) is 0 Å². The van der Waals surface area contributed by atoms with Gasteiger partial charge in [-0.1, -0.05) is 30.3 Å². The van der Waals surface area contributed by atoms with Gasteiger partial charge in [0.2, 0.25) is 0 Å². The molecule has 0 saturated carbocycles. The molecule has 126 valence electrons. The van der Waals surface area contributed by atoms with Gasteiger partial charge in [-0.3, -0.25) is 4.55 Å². The van der Waals surface area contributed by atoms with Gasteiger partial charge in [0.25, 0.3) is 0 Å². The van der Waals surface area contributed by atoms with Crippen LogP contribution in [0.15, 0.2) is 48.5 Å². The first-order chi connectivity index (χ1) is 11.3. The maximum absolute atomic E-state index is 10.8. The smallest absolute Gasteiger partial charge is 0.364 e. The molecule has 2 aromatic rings. The van der Waals surface area contributed by atoms with Gasteiger partial charge < -0.3 is 19.8 Å². The zero-order chi connectivity index (χ0) is 17.3. The van der Waals surface area contributed by atoms with Gasteiger partial charge in [-0.05, 0) is 10.4 Å². The Morgan fingerprint density at radius 2 is 1.83 bits per heavy atom. The summed E-state index contributed by atoms with van der Waals surface area (Å²) in [7, 11) is -4.61. The summed E-state index contributed by atoms with van der Waals surface area (Å²) < 4.78 is 36.2. The molecule has 1 aliphatic heterocycles. The van der Waals surface area contributed by atoms with E-state index in [1.165, 1.54) is 17.0 Å². The molecule has 0 radical (unpaired) electrons. The van der Waals surface area contributed by atoms with Crippen LogP contribution in [0.2, 0.25) is 0 Å². The number of rotatable bonds is 4. The van der Waals surface area contributed by atoms with Crippen LogP contribution in [-0.2, 0) is 15.1 Å². The third-order valence-corrected chi connectivity index (χ3v) is 3.55. The first-order valence-corrected chi connectivity index (χ1v) is 8.18. The third-order valence-electron chi connectivity index (χ3n) is 3.25. The van der Waals surface area contributed by atoms with Gasteiger partial charge in [0.1, 0.15) is 28.9 Å². The molecule has 24 heavy (non-hydrogen) atoms. The lowest BCUT2D eigenvalue weighted by molar-refractivity contribution is 0.190. The van der Waals surface area contributed by atoms with E-state index in [-0.39, 0.29) is 28.6 Å². The lowest BCUT2D eigenvalue weighted by atomic mass is 10.0. The molecule has 1 unspecified atom stereocenters. The predicted molar refractivity (Wildman–Crippen MR) is 83.3 cm³/mol. The summed E-state index contributed by atoms with van der Waals surface area (Å²) in [5.74, 6) is -0.599. The van der Waals surface area contributed by atoms with Gasteiger partial charge in [-0.2, -0.15) is 8.42 Å². The molecular formula is C15H13NO7S. The number of nitrogens with one attached hydrogen (secondary N) is 1. The quantitative estimate of drug-likeness (QED) is 0.489. The fraction of sp³-hybridized carbons (Fsp3) is 0.0667. The molecular weight excluding hydrogens is 338 g/mol. The molecule has 0 fully saturated rings. The van der Waals surface area contributed by atoms with E-state index >= 15 is 0 Å². The largest absolute Gasteiger partial charge is 0.508 e. The van der Waals surface area contributed by atoms with Crippen LogP contribution < -0.4 is 9.62 Å². The Balaban J connectivity index is 2.05. The van der Waals surface area contributed by atoms with Crippen molar-refractivity contribution in [1.82, 2.24) is 4.89 Å². The standard InChI is InChI=1S/C15H13NO7S/c17-10-6-11(18)15-13(7-10)22-12(9-4-2-1-3-5-9)8-14(15)23-16-24(19,20)21/h1-8,12,16-18H,(H,19,20,21). The number of fused-ring (bicyclic) bond motifs is 1. The zero-order valence-electron chi connectivity index (χ0n) is 12.1. The molecule has 0 aliphatic carbocycles. The number of phenolic OH excluding ortho intramolecular Hbond substituents is 2. The Kier molecular flexibility index (Phi) is 4.06. The second-order valence-electron chi connectivity index (χ2n) is 4.98. The normalized spacial score (nSPS) is 16.7. The summed E-state index contributed by atoms with van der Waals surface area (Å²) >= 11 is 0. The van der Waals surface area contributed by atoms with Crippen LogP contribution in [0.25, 0.3) is 5.76 Å². The average Bonchev–Trinajstić information content (AvgIpc) is 2.52. The van der Waals surface area contributed by atoms with E-state index in [2.05, 4.69) is 0 Å². The van der Waals surface area contributed by atoms with Crippen LogP contribution in [0.5, 0.6) is 17.2 Å². The monoisotopic (exact) mass is 351 g/mol. The van der Waals surface area contributed by atoms with Crippen molar-refractivity contribution >= 4 is 16.1 Å². The summed E-state index contributed by atoms with van der Waals surface area (Å²) in [6.45, 7) is 0. The molecule has 3 rings (SSSR count). The minimum Gasteiger partial charge on any atom is -0.508 e. The van der Waals surface area contributed by atoms with Crippen LogP contribution in [0.3, 0.4) is 0 Å². The van der Waals surface area contributed by atoms with Crippen LogP contribution in [0.4, 0.5) is 0 Å². The van der Waals surface area contributed by atoms with E-state index in [0.717, 1.165) is 11.6 Å². The van der Waals surface area contributed by atoms with E-state index in [9.17, 15) is 18.6 Å². The number of phenols is 2. The highest BCUT2D eigenvalue weighted by atomic mass is 32.2. The van der Waals surface area contributed by atoms with Gasteiger partial charge in [-0.25, -0.2) is 0 Å². The lowest BCUT2D eigenvalue weighted by Gasteiger charge is -2.25. The van der Waals surface area contributed by atoms with Crippen molar-refractivity contribution in [2.75, 3.05) is 0 Å². The fourth-order valence-electron chi connectivity index (χ4n) is 2.31. The number of benzene rings is 2. The molecule has 1 heterocycles. The highest BCUT2D eigenvalue weighted by Crippen LogP contribution is 2.44. The molecule has 1 aliphatic rings. The first kappa shape index (κ1) is 16.1. The summed E-state index contributed by atoms with van der Waals surface area (Å²) in [5, 5.41) is 19.6. The summed E-state index contributed by atoms with van der Waals surface area (Å²) in [6, 6.07) is 11.3. The summed E-state index contributed by atoms with van der Waals surface area (Å²) in [5.41, 5.74) is 0.773. The Hall–Kier alpha value is -2.75. The van der Waals surface area contributed by atoms with Gasteiger partial charge in [0, 0.05) is 18.2 Å². The van der Waals surface area contributed by atoms with Crippen LogP contribution in [0, 0.1) is 0 Å². The molecule has 0 spiro atoms. The van der Waals surface area contributed by atoms with Crippen LogP contribution in [0.1, 0.15) is 17.2 Å². The van der Waals surface area contributed by atoms with Crippen molar-refractivity contribution < 1.29 is 32.8 Å². The number of hydrogen-bond acceptors (Lipinski definition) is 6. The molecule has 2 aromatic carbocycles. The van der Waals surface area contributed by atoms with E-state index in [1.807, 2.05) is 6.07 Å². The Labute approximate surface area is 137 Å². The summed E-state index contributed by atoms with van der Waals surface area (Å²) in [6.07, 6.45) is 0.769. The molecule has 9 heteroatoms. The van der Waals surface area contributed by atoms with Crippen molar-refractivity contribution in [1.29, 1.82) is 0 Å². The third kappa shape index (κ3) is 3.43. The predicted octanol–water partition coefficient (Wildman–Crippen LogP) is 1.90. The molecule has 1 atom stereocenters. The van der Waals surface area contributed by atoms with E-state index in [0.29, 0.717) is 0 Å². The Morgan fingerprint density at radius 3 is 2.50 bits per heavy atom. The number of ether oxygens (including phenoxy) is 1. The van der Waals surface area contributed by atoms with E-state index in [1.54, 1.807) is 24.3 Å². The van der Waals surface area contributed by atoms with Crippen LogP contribution >= 0.6 is 0 Å². The molecule has 0 amide bonds. The number of aromatic hydroxyl groups is 2. The van der Waals surface area contributed by atoms with Crippen molar-refractivity contribution in [3.63, 3.8) is 0 Å². The van der Waals surface area contributed by atoms with Crippen LogP contribution in [-0.4, -0.2) is 23.2 Å². The average molecular weight is 351 g/mol. The lowest BCUT2D eigenvalue weighted by Crippen LogP contribution is -2.24. The number of hydrogen-bond donors (Lipinski definition) is 4. The molecule has 0 bridgehead atoms. The first-order valence-electron chi connectivity index (χ1n) is 6.74. The topological polar surface area (TPSA) is 125 Å². The van der Waals surface area contributed by atoms with Crippen molar-refractivity contribution in [3.05, 3.63) is 59.7 Å². The maximum atomic E-state index is 10.8. The highest BCUT2D eigenvalue weighted by molar-refractivity contribution is 7.83. The van der Waals surface area contributed by atoms with E-state index in [4.69, 9.17) is 14.1 Å². The Morgan fingerprint density at radius 1 is 1.12 bits per heavy atom. The van der Waals surface area contributed by atoms with E-state index < -0.39 is 16.4 Å². The van der Waals surface area contributed by atoms with Gasteiger partial charge in [0.05, 0.1) is 0 Å². The van der Waals surface area contributed by atoms with Gasteiger partial charge in [-0.15, -0.1) is 0 Å². The second-order valence-corrected chi connectivity index (χ2v) is 6.10. The highest BCUT2D eigenvalue weighted by Gasteiger charge is 2.28. The minimum absolute atomic E-state index is 0.0381. The van der Waals surface area contributed by atoms with Gasteiger partial charge in [0.15, 0.2) is 5.76 Å². The molecule has 8 nitrogen and oxygen atoms in total. The fourth-order valence-corrected chi connectivity index (χ4v) is 2.50. The minimum atomic E-state index is -4.61. The maximum Gasteiger partial charge on any atom is 0.364 e. The van der Waals surface area contributed by atoms with Gasteiger partial charge >= 0.3 is 10.3 Å². The summed E-state index contributed by atoms with van der Waals surface area (Å²) in [4.78, 5) is 6.37. The SMILES string of the molecule is O=S(=O)(O)NOC1=CC(c2ccccc2)Oc2cc(O)cc(O)c21. The Bertz CT molecular complexity index is 894. The second kappa shape index (κ2) is 6.04. The van der Waals surface area contributed by atoms with Crippen molar-refractivity contribution in [2.45, 2.75) is 6.10 Å².